The fraction of sp³-hybridized carbons (Fsp3) is 0.923. The first-order valence-electron chi connectivity index (χ1n) is 6.10. The molecule has 100 valence electrons. The molecule has 17 heavy (non-hydrogen) atoms. The number of ether oxygens (including phenoxy) is 1. The highest BCUT2D eigenvalue weighted by atomic mass is 16.5. The molecular weight excluding hydrogens is 218 g/mol. The van der Waals surface area contributed by atoms with Gasteiger partial charge < -0.3 is 9.84 Å². The highest BCUT2D eigenvalue weighted by Gasteiger charge is 2.41. The van der Waals surface area contributed by atoms with Crippen LogP contribution in [-0.2, 0) is 9.53 Å². The summed E-state index contributed by atoms with van der Waals surface area (Å²) in [5, 5.41) is 9.17. The SMILES string of the molecule is CC1(C)CN(CC(C)(C)C(=O)O)CC(C)(C)O1. The third-order valence-corrected chi connectivity index (χ3v) is 2.96. The first-order valence-corrected chi connectivity index (χ1v) is 6.10. The Balaban J connectivity index is 2.76. The Labute approximate surface area is 104 Å². The molecule has 0 unspecified atom stereocenters. The van der Waals surface area contributed by atoms with Gasteiger partial charge in [-0.2, -0.15) is 0 Å². The molecule has 1 N–H and O–H groups in total. The lowest BCUT2D eigenvalue weighted by molar-refractivity contribution is -0.186. The molecule has 0 aromatic heterocycles. The van der Waals surface area contributed by atoms with Gasteiger partial charge in [0.05, 0.1) is 16.6 Å². The van der Waals surface area contributed by atoms with Crippen LogP contribution in [0.25, 0.3) is 0 Å². The molecule has 1 heterocycles. The van der Waals surface area contributed by atoms with Gasteiger partial charge in [0.15, 0.2) is 0 Å². The van der Waals surface area contributed by atoms with Gasteiger partial charge >= 0.3 is 5.97 Å². The van der Waals surface area contributed by atoms with E-state index in [2.05, 4.69) is 32.6 Å². The predicted octanol–water partition coefficient (Wildman–Crippen LogP) is 1.99. The molecule has 1 aliphatic heterocycles. The van der Waals surface area contributed by atoms with Gasteiger partial charge in [0.25, 0.3) is 0 Å². The zero-order valence-corrected chi connectivity index (χ0v) is 11.8. The van der Waals surface area contributed by atoms with Gasteiger partial charge in [-0.25, -0.2) is 0 Å². The molecule has 1 saturated heterocycles. The van der Waals surface area contributed by atoms with Crippen molar-refractivity contribution < 1.29 is 14.6 Å². The highest BCUT2D eigenvalue weighted by molar-refractivity contribution is 5.73. The Kier molecular flexibility index (Phi) is 3.61. The van der Waals surface area contributed by atoms with E-state index in [0.717, 1.165) is 13.1 Å². The molecule has 1 fully saturated rings. The van der Waals surface area contributed by atoms with Crippen molar-refractivity contribution in [2.24, 2.45) is 5.41 Å². The molecule has 0 radical (unpaired) electrons. The van der Waals surface area contributed by atoms with Crippen LogP contribution in [-0.4, -0.2) is 46.8 Å². The molecule has 0 atom stereocenters. The number of carboxylic acid groups (broad SMARTS) is 1. The van der Waals surface area contributed by atoms with Gasteiger partial charge in [0.1, 0.15) is 0 Å². The quantitative estimate of drug-likeness (QED) is 0.823. The van der Waals surface area contributed by atoms with E-state index >= 15 is 0 Å². The van der Waals surface area contributed by atoms with Crippen LogP contribution in [0.4, 0.5) is 0 Å². The molecule has 0 saturated carbocycles. The minimum absolute atomic E-state index is 0.226. The standard InChI is InChI=1S/C13H25NO3/c1-11(2,10(15)16)7-14-8-12(3,4)17-13(5,6)9-14/h7-9H2,1-6H3,(H,15,16). The van der Waals surface area contributed by atoms with Crippen LogP contribution < -0.4 is 0 Å². The van der Waals surface area contributed by atoms with Gasteiger partial charge in [0.2, 0.25) is 0 Å². The molecule has 0 amide bonds. The molecule has 4 heteroatoms. The van der Waals surface area contributed by atoms with E-state index in [9.17, 15) is 9.90 Å². The van der Waals surface area contributed by atoms with Crippen LogP contribution in [0.5, 0.6) is 0 Å². The van der Waals surface area contributed by atoms with Gasteiger partial charge in [-0.1, -0.05) is 0 Å². The van der Waals surface area contributed by atoms with E-state index in [0.29, 0.717) is 6.54 Å². The van der Waals surface area contributed by atoms with Crippen LogP contribution in [0, 0.1) is 5.41 Å². The Morgan fingerprint density at radius 2 is 1.65 bits per heavy atom. The van der Waals surface area contributed by atoms with E-state index < -0.39 is 11.4 Å². The summed E-state index contributed by atoms with van der Waals surface area (Å²) in [5.74, 6) is -0.750. The summed E-state index contributed by atoms with van der Waals surface area (Å²) in [4.78, 5) is 13.4. The molecule has 0 aliphatic carbocycles. The molecule has 1 aliphatic rings. The van der Waals surface area contributed by atoms with Gasteiger partial charge in [-0.05, 0) is 41.5 Å². The van der Waals surface area contributed by atoms with Crippen molar-refractivity contribution in [3.8, 4) is 0 Å². The predicted molar refractivity (Wildman–Crippen MR) is 67.1 cm³/mol. The maximum atomic E-state index is 11.2. The second-order valence-electron chi connectivity index (χ2n) is 6.96. The zero-order chi connectivity index (χ0) is 13.5. The smallest absolute Gasteiger partial charge is 0.310 e. The molecule has 0 bridgehead atoms. The number of morpholine rings is 1. The van der Waals surface area contributed by atoms with Crippen molar-refractivity contribution in [1.82, 2.24) is 4.90 Å². The Hall–Kier alpha value is -0.610. The van der Waals surface area contributed by atoms with Crippen molar-refractivity contribution in [3.63, 3.8) is 0 Å². The lowest BCUT2D eigenvalue weighted by Gasteiger charge is -2.48. The number of carbonyl (C=O) groups is 1. The Bertz CT molecular complexity index is 292. The van der Waals surface area contributed by atoms with Gasteiger partial charge in [-0.15, -0.1) is 0 Å². The van der Waals surface area contributed by atoms with E-state index in [-0.39, 0.29) is 11.2 Å². The van der Waals surface area contributed by atoms with Crippen molar-refractivity contribution in [1.29, 1.82) is 0 Å². The average molecular weight is 243 g/mol. The fourth-order valence-electron chi connectivity index (χ4n) is 2.68. The summed E-state index contributed by atoms with van der Waals surface area (Å²) < 4.78 is 5.98. The number of rotatable bonds is 3. The number of nitrogens with zero attached hydrogens (tertiary/aromatic N) is 1. The van der Waals surface area contributed by atoms with Gasteiger partial charge in [0, 0.05) is 19.6 Å². The summed E-state index contributed by atoms with van der Waals surface area (Å²) in [6.45, 7) is 13.8. The zero-order valence-electron chi connectivity index (χ0n) is 11.8. The largest absolute Gasteiger partial charge is 0.481 e. The minimum Gasteiger partial charge on any atom is -0.481 e. The van der Waals surface area contributed by atoms with Crippen LogP contribution in [0.2, 0.25) is 0 Å². The van der Waals surface area contributed by atoms with Crippen molar-refractivity contribution in [2.75, 3.05) is 19.6 Å². The van der Waals surface area contributed by atoms with Crippen molar-refractivity contribution in [3.05, 3.63) is 0 Å². The normalized spacial score (nSPS) is 24.6. The lowest BCUT2D eigenvalue weighted by Crippen LogP contribution is -2.59. The van der Waals surface area contributed by atoms with Crippen molar-refractivity contribution >= 4 is 5.97 Å². The summed E-state index contributed by atoms with van der Waals surface area (Å²) in [7, 11) is 0. The summed E-state index contributed by atoms with van der Waals surface area (Å²) in [6, 6.07) is 0. The van der Waals surface area contributed by atoms with E-state index in [1.807, 2.05) is 0 Å². The number of hydrogen-bond donors (Lipinski definition) is 1. The van der Waals surface area contributed by atoms with E-state index in [1.54, 1.807) is 13.8 Å². The third-order valence-electron chi connectivity index (χ3n) is 2.96. The van der Waals surface area contributed by atoms with Crippen LogP contribution in [0.15, 0.2) is 0 Å². The Morgan fingerprint density at radius 3 is 2.00 bits per heavy atom. The number of hydrogen-bond acceptors (Lipinski definition) is 3. The summed E-state index contributed by atoms with van der Waals surface area (Å²) in [6.07, 6.45) is 0. The van der Waals surface area contributed by atoms with E-state index in [4.69, 9.17) is 4.74 Å². The molecule has 0 aromatic carbocycles. The highest BCUT2D eigenvalue weighted by Crippen LogP contribution is 2.30. The number of aliphatic carboxylic acids is 1. The molecule has 0 spiro atoms. The number of carboxylic acids is 1. The monoisotopic (exact) mass is 243 g/mol. The van der Waals surface area contributed by atoms with Gasteiger partial charge in [-0.3, -0.25) is 9.69 Å². The molecular formula is C13H25NO3. The second kappa shape index (κ2) is 4.25. The maximum absolute atomic E-state index is 11.2. The van der Waals surface area contributed by atoms with Crippen molar-refractivity contribution in [2.45, 2.75) is 52.7 Å². The van der Waals surface area contributed by atoms with E-state index in [1.165, 1.54) is 0 Å². The first kappa shape index (κ1) is 14.5. The first-order chi connectivity index (χ1) is 7.44. The third kappa shape index (κ3) is 3.96. The second-order valence-corrected chi connectivity index (χ2v) is 6.96. The molecule has 4 nitrogen and oxygen atoms in total. The minimum atomic E-state index is -0.750. The Morgan fingerprint density at radius 1 is 1.24 bits per heavy atom. The van der Waals surface area contributed by atoms with Crippen LogP contribution in [0.3, 0.4) is 0 Å². The van der Waals surface area contributed by atoms with Crippen LogP contribution >= 0.6 is 0 Å². The molecule has 0 aromatic rings. The van der Waals surface area contributed by atoms with Crippen LogP contribution in [0.1, 0.15) is 41.5 Å². The lowest BCUT2D eigenvalue weighted by atomic mass is 9.90. The maximum Gasteiger partial charge on any atom is 0.310 e. The summed E-state index contributed by atoms with van der Waals surface area (Å²) in [5.41, 5.74) is -1.17. The topological polar surface area (TPSA) is 49.8 Å². The molecule has 1 rings (SSSR count). The summed E-state index contributed by atoms with van der Waals surface area (Å²) >= 11 is 0. The fourth-order valence-corrected chi connectivity index (χ4v) is 2.68. The average Bonchev–Trinajstić information content (AvgIpc) is 1.94.